The molecule has 7 heteroatoms. The molecule has 0 saturated carbocycles. The number of nitrogens with two attached hydrogens (primary N) is 1. The van der Waals surface area contributed by atoms with Gasteiger partial charge in [0.15, 0.2) is 11.6 Å². The maximum atomic E-state index is 13.5. The van der Waals surface area contributed by atoms with Gasteiger partial charge in [0.1, 0.15) is 5.82 Å². The molecule has 128 valence electrons. The summed E-state index contributed by atoms with van der Waals surface area (Å²) in [5, 5.41) is 5.17. The molecule has 24 heavy (non-hydrogen) atoms. The lowest BCUT2D eigenvalue weighted by Gasteiger charge is -2.14. The van der Waals surface area contributed by atoms with Gasteiger partial charge in [0, 0.05) is 24.3 Å². The molecular weight excluding hydrogens is 319 g/mol. The van der Waals surface area contributed by atoms with Crippen LogP contribution in [-0.2, 0) is 6.42 Å². The molecule has 2 aromatic rings. The zero-order valence-electron chi connectivity index (χ0n) is 13.1. The number of carbonyl (C=O) groups is 1. The number of rotatable bonds is 5. The largest absolute Gasteiger partial charge is 0.336 e. The van der Waals surface area contributed by atoms with Gasteiger partial charge in [-0.25, -0.2) is 18.0 Å². The van der Waals surface area contributed by atoms with E-state index in [9.17, 15) is 18.0 Å². The minimum Gasteiger partial charge on any atom is -0.336 e. The van der Waals surface area contributed by atoms with Gasteiger partial charge in [-0.3, -0.25) is 0 Å². The second kappa shape index (κ2) is 7.83. The molecule has 2 rings (SSSR count). The minimum absolute atomic E-state index is 0.0339. The molecule has 0 heterocycles. The van der Waals surface area contributed by atoms with Crippen LogP contribution in [0.25, 0.3) is 0 Å². The monoisotopic (exact) mass is 337 g/mol. The second-order valence-corrected chi connectivity index (χ2v) is 5.52. The highest BCUT2D eigenvalue weighted by Crippen LogP contribution is 2.15. The van der Waals surface area contributed by atoms with E-state index in [-0.39, 0.29) is 18.5 Å². The van der Waals surface area contributed by atoms with Gasteiger partial charge in [0.05, 0.1) is 0 Å². The Labute approximate surface area is 137 Å². The highest BCUT2D eigenvalue weighted by molar-refractivity contribution is 5.89. The molecule has 4 nitrogen and oxygen atoms in total. The Bertz CT molecular complexity index is 720. The zero-order chi connectivity index (χ0) is 17.7. The molecule has 2 amide bonds. The van der Waals surface area contributed by atoms with E-state index in [1.54, 1.807) is 12.1 Å². The number of hydrogen-bond acceptors (Lipinski definition) is 2. The predicted molar refractivity (Wildman–Crippen MR) is 86.2 cm³/mol. The molecule has 0 radical (unpaired) electrons. The van der Waals surface area contributed by atoms with E-state index in [1.165, 1.54) is 0 Å². The lowest BCUT2D eigenvalue weighted by atomic mass is 10.1. The van der Waals surface area contributed by atoms with Crippen LogP contribution in [0.3, 0.4) is 0 Å². The van der Waals surface area contributed by atoms with Gasteiger partial charge >= 0.3 is 6.03 Å². The minimum atomic E-state index is -1.25. The van der Waals surface area contributed by atoms with E-state index in [0.717, 1.165) is 11.6 Å². The summed E-state index contributed by atoms with van der Waals surface area (Å²) in [5.74, 6) is -3.25. The lowest BCUT2D eigenvalue weighted by Crippen LogP contribution is -2.40. The van der Waals surface area contributed by atoms with E-state index in [0.29, 0.717) is 11.8 Å². The first-order chi connectivity index (χ1) is 11.3. The topological polar surface area (TPSA) is 67.2 Å². The van der Waals surface area contributed by atoms with Gasteiger partial charge in [0.2, 0.25) is 0 Å². The van der Waals surface area contributed by atoms with Crippen molar-refractivity contribution < 1.29 is 18.0 Å². The third-order valence-electron chi connectivity index (χ3n) is 3.41. The summed E-state index contributed by atoms with van der Waals surface area (Å²) in [6.07, 6.45) is -0.0339. The number of carbonyl (C=O) groups excluding carboxylic acids is 1. The molecule has 0 spiro atoms. The number of anilines is 1. The Morgan fingerprint density at radius 1 is 1.08 bits per heavy atom. The Hall–Kier alpha value is -2.54. The summed E-state index contributed by atoms with van der Waals surface area (Å²) < 4.78 is 39.6. The second-order valence-electron chi connectivity index (χ2n) is 5.52. The maximum absolute atomic E-state index is 13.5. The number of benzene rings is 2. The van der Waals surface area contributed by atoms with Gasteiger partial charge in [-0.2, -0.15) is 0 Å². The summed E-state index contributed by atoms with van der Waals surface area (Å²) in [4.78, 5) is 11.8. The average Bonchev–Trinajstić information content (AvgIpc) is 2.53. The smallest absolute Gasteiger partial charge is 0.319 e. The van der Waals surface area contributed by atoms with Gasteiger partial charge in [-0.15, -0.1) is 0 Å². The number of hydrogen-bond donors (Lipinski definition) is 3. The molecule has 2 aromatic carbocycles. The first-order valence-corrected chi connectivity index (χ1v) is 7.35. The summed E-state index contributed by atoms with van der Waals surface area (Å²) in [5.41, 5.74) is 7.45. The number of urea groups is 1. The molecule has 0 aromatic heterocycles. The van der Waals surface area contributed by atoms with E-state index < -0.39 is 29.5 Å². The fourth-order valence-corrected chi connectivity index (χ4v) is 2.11. The third kappa shape index (κ3) is 4.99. The van der Waals surface area contributed by atoms with Crippen molar-refractivity contribution in [1.82, 2.24) is 5.32 Å². The van der Waals surface area contributed by atoms with Crippen molar-refractivity contribution >= 4 is 11.7 Å². The standard InChI is InChI=1S/C17H18F3N3O/c1-10-2-4-13(5-3-10)23-17(24)22-9-12(21)6-11-7-15(19)16(20)8-14(11)18/h2-5,7-8,12H,6,9,21H2,1H3,(H2,22,23,24)/t12-/m0/s1. The normalized spacial score (nSPS) is 11.9. The van der Waals surface area contributed by atoms with E-state index in [2.05, 4.69) is 10.6 Å². The van der Waals surface area contributed by atoms with E-state index in [4.69, 9.17) is 5.73 Å². The van der Waals surface area contributed by atoms with Crippen LogP contribution in [0.2, 0.25) is 0 Å². The molecule has 0 fully saturated rings. The van der Waals surface area contributed by atoms with E-state index >= 15 is 0 Å². The van der Waals surface area contributed by atoms with Crippen LogP contribution in [0.4, 0.5) is 23.7 Å². The Morgan fingerprint density at radius 3 is 2.38 bits per heavy atom. The first kappa shape index (κ1) is 17.8. The third-order valence-corrected chi connectivity index (χ3v) is 3.41. The van der Waals surface area contributed by atoms with Crippen LogP contribution < -0.4 is 16.4 Å². The van der Waals surface area contributed by atoms with Crippen molar-refractivity contribution in [3.05, 3.63) is 65.0 Å². The summed E-state index contributed by atoms with van der Waals surface area (Å²) in [6.45, 7) is 1.98. The zero-order valence-corrected chi connectivity index (χ0v) is 13.1. The fourth-order valence-electron chi connectivity index (χ4n) is 2.11. The lowest BCUT2D eigenvalue weighted by molar-refractivity contribution is 0.251. The van der Waals surface area contributed by atoms with Crippen molar-refractivity contribution in [1.29, 1.82) is 0 Å². The Kier molecular flexibility index (Phi) is 5.81. The number of aryl methyl sites for hydroxylation is 1. The Morgan fingerprint density at radius 2 is 1.71 bits per heavy atom. The van der Waals surface area contributed by atoms with Crippen molar-refractivity contribution in [3.63, 3.8) is 0 Å². The average molecular weight is 337 g/mol. The molecule has 0 aliphatic rings. The number of nitrogens with one attached hydrogen (secondary N) is 2. The van der Waals surface area contributed by atoms with Crippen LogP contribution in [0.15, 0.2) is 36.4 Å². The quantitative estimate of drug-likeness (QED) is 0.734. The number of amides is 2. The van der Waals surface area contributed by atoms with E-state index in [1.807, 2.05) is 19.1 Å². The molecular formula is C17H18F3N3O. The highest BCUT2D eigenvalue weighted by atomic mass is 19.2. The van der Waals surface area contributed by atoms with Crippen molar-refractivity contribution in [3.8, 4) is 0 Å². The molecule has 0 aliphatic heterocycles. The molecule has 4 N–H and O–H groups in total. The van der Waals surface area contributed by atoms with Gasteiger partial charge < -0.3 is 16.4 Å². The molecule has 0 aliphatic carbocycles. The molecule has 0 bridgehead atoms. The van der Waals surface area contributed by atoms with Crippen LogP contribution in [-0.4, -0.2) is 18.6 Å². The first-order valence-electron chi connectivity index (χ1n) is 7.35. The summed E-state index contributed by atoms with van der Waals surface area (Å²) >= 11 is 0. The summed E-state index contributed by atoms with van der Waals surface area (Å²) in [6, 6.07) is 7.37. The van der Waals surface area contributed by atoms with Crippen LogP contribution in [0, 0.1) is 24.4 Å². The van der Waals surface area contributed by atoms with Crippen LogP contribution in [0.5, 0.6) is 0 Å². The van der Waals surface area contributed by atoms with Crippen LogP contribution in [0.1, 0.15) is 11.1 Å². The molecule has 1 atom stereocenters. The van der Waals surface area contributed by atoms with Crippen molar-refractivity contribution in [2.24, 2.45) is 5.73 Å². The highest BCUT2D eigenvalue weighted by Gasteiger charge is 2.13. The SMILES string of the molecule is Cc1ccc(NC(=O)NC[C@@H](N)Cc2cc(F)c(F)cc2F)cc1. The van der Waals surface area contributed by atoms with Crippen molar-refractivity contribution in [2.75, 3.05) is 11.9 Å². The maximum Gasteiger partial charge on any atom is 0.319 e. The van der Waals surface area contributed by atoms with Crippen LogP contribution >= 0.6 is 0 Å². The predicted octanol–water partition coefficient (Wildman–Crippen LogP) is 3.10. The fraction of sp³-hybridized carbons (Fsp3) is 0.235. The molecule has 0 unspecified atom stereocenters. The Balaban J connectivity index is 1.84. The van der Waals surface area contributed by atoms with Gasteiger partial charge in [0.25, 0.3) is 0 Å². The molecule has 0 saturated heterocycles. The van der Waals surface area contributed by atoms with Crippen molar-refractivity contribution in [2.45, 2.75) is 19.4 Å². The van der Waals surface area contributed by atoms with Gasteiger partial charge in [-0.05, 0) is 37.1 Å². The number of halogens is 3. The summed E-state index contributed by atoms with van der Waals surface area (Å²) in [7, 11) is 0. The van der Waals surface area contributed by atoms with Gasteiger partial charge in [-0.1, -0.05) is 17.7 Å².